The van der Waals surface area contributed by atoms with E-state index in [0.29, 0.717) is 35.0 Å². The van der Waals surface area contributed by atoms with Crippen LogP contribution in [-0.2, 0) is 11.2 Å². The highest BCUT2D eigenvalue weighted by Gasteiger charge is 2.12. The number of hydrogen-bond donors (Lipinski definition) is 0. The molecule has 0 aliphatic heterocycles. The molecule has 2 heterocycles. The third kappa shape index (κ3) is 4.01. The van der Waals surface area contributed by atoms with Crippen LogP contribution in [0, 0.1) is 0 Å². The van der Waals surface area contributed by atoms with Crippen LogP contribution in [0.1, 0.15) is 12.5 Å². The molecule has 0 radical (unpaired) electrons. The lowest BCUT2D eigenvalue weighted by atomic mass is 10.1. The highest BCUT2D eigenvalue weighted by atomic mass is 16.5. The second-order valence-electron chi connectivity index (χ2n) is 6.09. The van der Waals surface area contributed by atoms with Gasteiger partial charge < -0.3 is 13.9 Å². The molecule has 0 bridgehead atoms. The molecule has 0 aliphatic rings. The molecule has 6 nitrogen and oxygen atoms in total. The molecule has 0 unspecified atom stereocenters. The summed E-state index contributed by atoms with van der Waals surface area (Å²) in [5.74, 6) is 1.26. The molecule has 4 rings (SSSR count). The number of carbonyl (C=O) groups excluding carboxylic acids is 1. The van der Waals surface area contributed by atoms with Gasteiger partial charge in [0.15, 0.2) is 5.58 Å². The number of esters is 1. The summed E-state index contributed by atoms with van der Waals surface area (Å²) >= 11 is 0. The van der Waals surface area contributed by atoms with Crippen molar-refractivity contribution < 1.29 is 18.7 Å². The van der Waals surface area contributed by atoms with Crippen LogP contribution in [0.3, 0.4) is 0 Å². The molecule has 0 amide bonds. The van der Waals surface area contributed by atoms with E-state index >= 15 is 0 Å². The summed E-state index contributed by atoms with van der Waals surface area (Å²) in [6, 6.07) is 18.0. The Morgan fingerprint density at radius 1 is 1.04 bits per heavy atom. The SMILES string of the molecule is CCOc1ccc(CC(=O)Oc2ccc3nc(-c4ccccn4)oc3c2)cc1. The first-order valence-electron chi connectivity index (χ1n) is 8.95. The number of hydrogen-bond acceptors (Lipinski definition) is 6. The summed E-state index contributed by atoms with van der Waals surface area (Å²) in [4.78, 5) is 20.9. The monoisotopic (exact) mass is 374 g/mol. The molecule has 0 atom stereocenters. The number of ether oxygens (including phenoxy) is 2. The molecule has 6 heteroatoms. The first-order chi connectivity index (χ1) is 13.7. The average molecular weight is 374 g/mol. The Kier molecular flexibility index (Phi) is 5.01. The van der Waals surface area contributed by atoms with Crippen LogP contribution in [0.4, 0.5) is 0 Å². The van der Waals surface area contributed by atoms with Crippen molar-refractivity contribution in [3.63, 3.8) is 0 Å². The Bertz CT molecular complexity index is 1090. The molecule has 0 N–H and O–H groups in total. The Morgan fingerprint density at radius 2 is 1.86 bits per heavy atom. The zero-order chi connectivity index (χ0) is 19.3. The minimum Gasteiger partial charge on any atom is -0.494 e. The van der Waals surface area contributed by atoms with Gasteiger partial charge in [-0.05, 0) is 48.9 Å². The molecular weight excluding hydrogens is 356 g/mol. The van der Waals surface area contributed by atoms with Crippen molar-refractivity contribution in [3.05, 3.63) is 72.4 Å². The number of nitrogens with zero attached hydrogens (tertiary/aromatic N) is 2. The topological polar surface area (TPSA) is 74.5 Å². The zero-order valence-corrected chi connectivity index (χ0v) is 15.3. The van der Waals surface area contributed by atoms with E-state index in [2.05, 4.69) is 9.97 Å². The lowest BCUT2D eigenvalue weighted by Gasteiger charge is -2.06. The van der Waals surface area contributed by atoms with Crippen LogP contribution >= 0.6 is 0 Å². The van der Waals surface area contributed by atoms with Gasteiger partial charge in [0.05, 0.1) is 13.0 Å². The fourth-order valence-corrected chi connectivity index (χ4v) is 2.77. The van der Waals surface area contributed by atoms with Crippen LogP contribution in [0.5, 0.6) is 11.5 Å². The van der Waals surface area contributed by atoms with Crippen LogP contribution in [0.15, 0.2) is 71.3 Å². The third-order valence-corrected chi connectivity index (χ3v) is 4.06. The van der Waals surface area contributed by atoms with E-state index in [1.54, 1.807) is 24.4 Å². The third-order valence-electron chi connectivity index (χ3n) is 4.06. The molecule has 4 aromatic rings. The Hall–Kier alpha value is -3.67. The minimum atomic E-state index is -0.354. The van der Waals surface area contributed by atoms with Crippen molar-refractivity contribution in [2.24, 2.45) is 0 Å². The summed E-state index contributed by atoms with van der Waals surface area (Å²) < 4.78 is 16.6. The van der Waals surface area contributed by atoms with Gasteiger partial charge in [-0.2, -0.15) is 0 Å². The first kappa shape index (κ1) is 17.7. The zero-order valence-electron chi connectivity index (χ0n) is 15.3. The van der Waals surface area contributed by atoms with E-state index in [-0.39, 0.29) is 12.4 Å². The lowest BCUT2D eigenvalue weighted by molar-refractivity contribution is -0.133. The van der Waals surface area contributed by atoms with Crippen molar-refractivity contribution in [1.29, 1.82) is 0 Å². The summed E-state index contributed by atoms with van der Waals surface area (Å²) in [5.41, 5.74) is 2.71. The quantitative estimate of drug-likeness (QED) is 0.367. The van der Waals surface area contributed by atoms with E-state index in [1.165, 1.54) is 0 Å². The van der Waals surface area contributed by atoms with Crippen molar-refractivity contribution in [3.8, 4) is 23.1 Å². The van der Waals surface area contributed by atoms with Gasteiger partial charge in [0, 0.05) is 12.3 Å². The van der Waals surface area contributed by atoms with Crippen molar-refractivity contribution >= 4 is 17.1 Å². The second-order valence-corrected chi connectivity index (χ2v) is 6.09. The highest BCUT2D eigenvalue weighted by Crippen LogP contribution is 2.26. The fourth-order valence-electron chi connectivity index (χ4n) is 2.77. The van der Waals surface area contributed by atoms with E-state index in [4.69, 9.17) is 13.9 Å². The summed E-state index contributed by atoms with van der Waals surface area (Å²) in [6.07, 6.45) is 1.85. The normalized spacial score (nSPS) is 10.8. The molecule has 0 saturated carbocycles. The van der Waals surface area contributed by atoms with Gasteiger partial charge in [-0.25, -0.2) is 4.98 Å². The van der Waals surface area contributed by atoms with Crippen LogP contribution in [0.2, 0.25) is 0 Å². The Balaban J connectivity index is 1.46. The van der Waals surface area contributed by atoms with Gasteiger partial charge in [0.2, 0.25) is 5.89 Å². The molecular formula is C22H18N2O4. The van der Waals surface area contributed by atoms with Crippen LogP contribution in [-0.4, -0.2) is 22.5 Å². The lowest BCUT2D eigenvalue weighted by Crippen LogP contribution is -2.11. The number of fused-ring (bicyclic) bond motifs is 1. The minimum absolute atomic E-state index is 0.167. The fraction of sp³-hybridized carbons (Fsp3) is 0.136. The van der Waals surface area contributed by atoms with Gasteiger partial charge in [0.25, 0.3) is 0 Å². The second kappa shape index (κ2) is 7.92. The summed E-state index contributed by atoms with van der Waals surface area (Å²) in [6.45, 7) is 2.53. The van der Waals surface area contributed by atoms with Crippen molar-refractivity contribution in [1.82, 2.24) is 9.97 Å². The first-order valence-corrected chi connectivity index (χ1v) is 8.95. The smallest absolute Gasteiger partial charge is 0.315 e. The number of oxazole rings is 1. The maximum absolute atomic E-state index is 12.2. The maximum Gasteiger partial charge on any atom is 0.315 e. The Morgan fingerprint density at radius 3 is 2.61 bits per heavy atom. The van der Waals surface area contributed by atoms with Crippen molar-refractivity contribution in [2.75, 3.05) is 6.61 Å². The number of benzene rings is 2. The number of carbonyl (C=O) groups is 1. The molecule has 0 saturated heterocycles. The van der Waals surface area contributed by atoms with Gasteiger partial charge in [-0.3, -0.25) is 9.78 Å². The van der Waals surface area contributed by atoms with Gasteiger partial charge >= 0.3 is 5.97 Å². The number of pyridine rings is 1. The molecule has 28 heavy (non-hydrogen) atoms. The predicted octanol–water partition coefficient (Wildman–Crippen LogP) is 4.44. The molecule has 2 aromatic carbocycles. The average Bonchev–Trinajstić information content (AvgIpc) is 3.14. The van der Waals surface area contributed by atoms with E-state index in [9.17, 15) is 4.79 Å². The largest absolute Gasteiger partial charge is 0.494 e. The maximum atomic E-state index is 12.2. The van der Waals surface area contributed by atoms with E-state index in [0.717, 1.165) is 11.3 Å². The Labute approximate surface area is 161 Å². The van der Waals surface area contributed by atoms with E-state index < -0.39 is 0 Å². The van der Waals surface area contributed by atoms with Gasteiger partial charge in [0.1, 0.15) is 22.7 Å². The molecule has 0 fully saturated rings. The molecule has 0 aliphatic carbocycles. The highest BCUT2D eigenvalue weighted by molar-refractivity contribution is 5.80. The van der Waals surface area contributed by atoms with Gasteiger partial charge in [-0.15, -0.1) is 0 Å². The van der Waals surface area contributed by atoms with Crippen LogP contribution in [0.25, 0.3) is 22.7 Å². The predicted molar refractivity (Wildman–Crippen MR) is 104 cm³/mol. The molecule has 2 aromatic heterocycles. The standard InChI is InChI=1S/C22H18N2O4/c1-2-26-16-8-6-15(7-9-16)13-21(25)27-17-10-11-18-20(14-17)28-22(24-18)19-5-3-4-12-23-19/h3-12,14H,2,13H2,1H3. The molecule has 140 valence electrons. The number of rotatable bonds is 6. The number of aromatic nitrogens is 2. The summed E-state index contributed by atoms with van der Waals surface area (Å²) in [5, 5.41) is 0. The van der Waals surface area contributed by atoms with Crippen LogP contribution < -0.4 is 9.47 Å². The van der Waals surface area contributed by atoms with Crippen molar-refractivity contribution in [2.45, 2.75) is 13.3 Å². The molecule has 0 spiro atoms. The van der Waals surface area contributed by atoms with E-state index in [1.807, 2.05) is 49.4 Å². The summed E-state index contributed by atoms with van der Waals surface area (Å²) in [7, 11) is 0. The van der Waals surface area contributed by atoms with Gasteiger partial charge in [-0.1, -0.05) is 18.2 Å².